The Bertz CT molecular complexity index is 276. The second kappa shape index (κ2) is 7.85. The Morgan fingerprint density at radius 3 is 2.56 bits per heavy atom. The Balaban J connectivity index is 2.40. The van der Waals surface area contributed by atoms with Gasteiger partial charge in [0.1, 0.15) is 0 Å². The molecule has 1 nitrogen and oxygen atoms in total. The average molecular weight is 249 g/mol. The minimum absolute atomic E-state index is 0.157. The normalized spacial score (nSPS) is 25.1. The molecule has 0 aliphatic heterocycles. The molecule has 1 saturated carbocycles. The van der Waals surface area contributed by atoms with E-state index in [-0.39, 0.29) is 5.41 Å². The highest BCUT2D eigenvalue weighted by Crippen LogP contribution is 2.25. The van der Waals surface area contributed by atoms with Gasteiger partial charge >= 0.3 is 0 Å². The van der Waals surface area contributed by atoms with Crippen molar-refractivity contribution in [3.8, 4) is 11.8 Å². The van der Waals surface area contributed by atoms with Crippen molar-refractivity contribution < 1.29 is 0 Å². The Hall–Kier alpha value is -0.480. The van der Waals surface area contributed by atoms with Crippen LogP contribution in [0.2, 0.25) is 0 Å². The van der Waals surface area contributed by atoms with Gasteiger partial charge in [0.05, 0.1) is 0 Å². The minimum atomic E-state index is 0.157. The van der Waals surface area contributed by atoms with Crippen LogP contribution in [0.5, 0.6) is 0 Å². The molecule has 1 heteroatoms. The summed E-state index contributed by atoms with van der Waals surface area (Å²) in [7, 11) is 0. The molecule has 0 spiro atoms. The topological polar surface area (TPSA) is 12.0 Å². The summed E-state index contributed by atoms with van der Waals surface area (Å²) in [5.74, 6) is 7.62. The van der Waals surface area contributed by atoms with Gasteiger partial charge in [0.15, 0.2) is 0 Å². The standard InChI is InChI=1S/C17H31N/c1-5-13-18-16-11-7-6-9-15(14-16)10-8-12-17(2,3)4/h15-16,18H,5-7,9-11,13-14H2,1-4H3. The van der Waals surface area contributed by atoms with Crippen LogP contribution in [0, 0.1) is 23.2 Å². The maximum Gasteiger partial charge on any atom is 0.0230 e. The van der Waals surface area contributed by atoms with Crippen molar-refractivity contribution in [2.45, 2.75) is 78.7 Å². The molecule has 104 valence electrons. The van der Waals surface area contributed by atoms with E-state index in [1.807, 2.05) is 0 Å². The van der Waals surface area contributed by atoms with Gasteiger partial charge in [-0.25, -0.2) is 0 Å². The molecule has 0 aromatic rings. The molecule has 0 radical (unpaired) electrons. The predicted molar refractivity (Wildman–Crippen MR) is 80.5 cm³/mol. The molecule has 1 aliphatic carbocycles. The van der Waals surface area contributed by atoms with Gasteiger partial charge in [-0.15, -0.1) is 5.92 Å². The quantitative estimate of drug-likeness (QED) is 0.576. The van der Waals surface area contributed by atoms with Gasteiger partial charge in [0, 0.05) is 17.9 Å². The largest absolute Gasteiger partial charge is 0.314 e. The highest BCUT2D eigenvalue weighted by Gasteiger charge is 2.19. The summed E-state index contributed by atoms with van der Waals surface area (Å²) < 4.78 is 0. The van der Waals surface area contributed by atoms with Crippen LogP contribution >= 0.6 is 0 Å². The second-order valence-electron chi connectivity index (χ2n) is 6.79. The highest BCUT2D eigenvalue weighted by atomic mass is 14.9. The molecule has 1 rings (SSSR count). The van der Waals surface area contributed by atoms with Crippen molar-refractivity contribution in [3.63, 3.8) is 0 Å². The fourth-order valence-corrected chi connectivity index (χ4v) is 2.64. The first-order valence-corrected chi connectivity index (χ1v) is 7.74. The summed E-state index contributed by atoms with van der Waals surface area (Å²) in [5, 5.41) is 3.70. The van der Waals surface area contributed by atoms with Gasteiger partial charge in [0.25, 0.3) is 0 Å². The first kappa shape index (κ1) is 15.6. The van der Waals surface area contributed by atoms with E-state index < -0.39 is 0 Å². The fourth-order valence-electron chi connectivity index (χ4n) is 2.64. The molecule has 0 bridgehead atoms. The van der Waals surface area contributed by atoms with Crippen molar-refractivity contribution in [1.29, 1.82) is 0 Å². The summed E-state index contributed by atoms with van der Waals surface area (Å²) in [5.41, 5.74) is 0.157. The van der Waals surface area contributed by atoms with Crippen LogP contribution in [0.15, 0.2) is 0 Å². The van der Waals surface area contributed by atoms with Crippen LogP contribution in [-0.2, 0) is 0 Å². The number of hydrogen-bond acceptors (Lipinski definition) is 1. The Morgan fingerprint density at radius 1 is 1.17 bits per heavy atom. The van der Waals surface area contributed by atoms with E-state index in [4.69, 9.17) is 0 Å². The van der Waals surface area contributed by atoms with Crippen molar-refractivity contribution in [2.75, 3.05) is 6.54 Å². The average Bonchev–Trinajstić information content (AvgIpc) is 2.50. The molecule has 1 fully saturated rings. The monoisotopic (exact) mass is 249 g/mol. The molecule has 18 heavy (non-hydrogen) atoms. The molecular weight excluding hydrogens is 218 g/mol. The molecule has 2 atom stereocenters. The van der Waals surface area contributed by atoms with E-state index in [2.05, 4.69) is 44.9 Å². The Kier molecular flexibility index (Phi) is 6.79. The van der Waals surface area contributed by atoms with Crippen LogP contribution < -0.4 is 5.32 Å². The third-order valence-electron chi connectivity index (χ3n) is 3.57. The highest BCUT2D eigenvalue weighted by molar-refractivity contribution is 5.08. The number of hydrogen-bond donors (Lipinski definition) is 1. The molecule has 1 N–H and O–H groups in total. The lowest BCUT2D eigenvalue weighted by atomic mass is 9.93. The van der Waals surface area contributed by atoms with Gasteiger partial charge in [-0.2, -0.15) is 0 Å². The van der Waals surface area contributed by atoms with Gasteiger partial charge in [-0.1, -0.05) is 25.7 Å². The SMILES string of the molecule is CCCNC1CCCCC(CC#CC(C)(C)C)C1. The predicted octanol–water partition coefficient (Wildman–Crippen LogP) is 4.37. The van der Waals surface area contributed by atoms with Crippen molar-refractivity contribution >= 4 is 0 Å². The lowest BCUT2D eigenvalue weighted by Gasteiger charge is -2.19. The first-order valence-electron chi connectivity index (χ1n) is 7.74. The molecule has 1 aliphatic rings. The van der Waals surface area contributed by atoms with Crippen LogP contribution in [0.4, 0.5) is 0 Å². The van der Waals surface area contributed by atoms with Crippen molar-refractivity contribution in [2.24, 2.45) is 11.3 Å². The molecular formula is C17H31N. The maximum atomic E-state index is 3.70. The Labute approximate surface area is 114 Å². The maximum absolute atomic E-state index is 3.70. The Morgan fingerprint density at radius 2 is 1.89 bits per heavy atom. The summed E-state index contributed by atoms with van der Waals surface area (Å²) in [6.07, 6.45) is 9.20. The molecule has 0 heterocycles. The second-order valence-corrected chi connectivity index (χ2v) is 6.79. The van der Waals surface area contributed by atoms with Gasteiger partial charge in [0.2, 0.25) is 0 Å². The van der Waals surface area contributed by atoms with E-state index in [0.29, 0.717) is 0 Å². The minimum Gasteiger partial charge on any atom is -0.314 e. The van der Waals surface area contributed by atoms with Crippen LogP contribution in [0.25, 0.3) is 0 Å². The van der Waals surface area contributed by atoms with Gasteiger partial charge in [-0.3, -0.25) is 0 Å². The van der Waals surface area contributed by atoms with E-state index in [0.717, 1.165) is 18.4 Å². The van der Waals surface area contributed by atoms with Gasteiger partial charge < -0.3 is 5.32 Å². The molecule has 0 amide bonds. The van der Waals surface area contributed by atoms with E-state index >= 15 is 0 Å². The summed E-state index contributed by atoms with van der Waals surface area (Å²) in [4.78, 5) is 0. The zero-order chi connectivity index (χ0) is 13.4. The summed E-state index contributed by atoms with van der Waals surface area (Å²) in [6.45, 7) is 10.00. The zero-order valence-electron chi connectivity index (χ0n) is 12.8. The number of rotatable bonds is 4. The van der Waals surface area contributed by atoms with E-state index in [1.165, 1.54) is 45.1 Å². The van der Waals surface area contributed by atoms with Gasteiger partial charge in [-0.05, 0) is 58.9 Å². The smallest absolute Gasteiger partial charge is 0.0230 e. The molecule has 2 unspecified atom stereocenters. The third-order valence-corrected chi connectivity index (χ3v) is 3.57. The fraction of sp³-hybridized carbons (Fsp3) is 0.882. The van der Waals surface area contributed by atoms with E-state index in [9.17, 15) is 0 Å². The molecule has 0 aromatic heterocycles. The van der Waals surface area contributed by atoms with E-state index in [1.54, 1.807) is 0 Å². The lowest BCUT2D eigenvalue weighted by molar-refractivity contribution is 0.391. The first-order chi connectivity index (χ1) is 8.51. The third kappa shape index (κ3) is 7.07. The molecule has 0 saturated heterocycles. The van der Waals surface area contributed by atoms with Crippen LogP contribution in [0.1, 0.15) is 72.6 Å². The summed E-state index contributed by atoms with van der Waals surface area (Å²) in [6, 6.07) is 0.744. The molecule has 0 aromatic carbocycles. The van der Waals surface area contributed by atoms with Crippen molar-refractivity contribution in [3.05, 3.63) is 0 Å². The summed E-state index contributed by atoms with van der Waals surface area (Å²) >= 11 is 0. The lowest BCUT2D eigenvalue weighted by Crippen LogP contribution is -2.30. The number of nitrogens with one attached hydrogen (secondary N) is 1. The van der Waals surface area contributed by atoms with Crippen molar-refractivity contribution in [1.82, 2.24) is 5.32 Å². The van der Waals surface area contributed by atoms with Crippen LogP contribution in [-0.4, -0.2) is 12.6 Å². The zero-order valence-corrected chi connectivity index (χ0v) is 12.8. The van der Waals surface area contributed by atoms with Crippen LogP contribution in [0.3, 0.4) is 0 Å².